The molecule has 0 radical (unpaired) electrons. The molecule has 0 saturated carbocycles. The van der Waals surface area contributed by atoms with E-state index in [2.05, 4.69) is 0 Å². The van der Waals surface area contributed by atoms with Crippen molar-refractivity contribution in [1.29, 1.82) is 0 Å². The lowest BCUT2D eigenvalue weighted by Gasteiger charge is -1.90. The molecule has 0 aromatic rings. The highest BCUT2D eigenvalue weighted by Gasteiger charge is 1.99. The van der Waals surface area contributed by atoms with E-state index in [1.54, 1.807) is 0 Å². The van der Waals surface area contributed by atoms with E-state index in [-0.39, 0.29) is 0 Å². The summed E-state index contributed by atoms with van der Waals surface area (Å²) in [5.41, 5.74) is 4.78. The topological polar surface area (TPSA) is 63.3 Å². The van der Waals surface area contributed by atoms with Crippen molar-refractivity contribution in [2.45, 2.75) is 12.9 Å². The van der Waals surface area contributed by atoms with Crippen LogP contribution in [0.1, 0.15) is 9.62 Å². The van der Waals surface area contributed by atoms with Gasteiger partial charge < -0.3 is 10.8 Å². The molecule has 0 aliphatic rings. The Morgan fingerprint density at radius 3 is 2.83 bits per heavy atom. The molecule has 1 atom stereocenters. The molecule has 0 heterocycles. The van der Waals surface area contributed by atoms with E-state index >= 15 is 0 Å². The van der Waals surface area contributed by atoms with Gasteiger partial charge in [-0.2, -0.15) is 0 Å². The molecule has 0 bridgehead atoms. The fourth-order valence-electron chi connectivity index (χ4n) is 0. The van der Waals surface area contributed by atoms with Crippen LogP contribution in [0, 0.1) is 0 Å². The van der Waals surface area contributed by atoms with Crippen LogP contribution in [-0.2, 0) is 4.79 Å². The first-order valence-corrected chi connectivity index (χ1v) is 1.38. The minimum Gasteiger partial charge on any atom is -0.480 e. The zero-order valence-corrected chi connectivity index (χ0v) is 3.09. The molecule has 0 rings (SSSR count). The zero-order valence-electron chi connectivity index (χ0n) is 5.09. The van der Waals surface area contributed by atoms with Crippen LogP contribution in [0.5, 0.6) is 0 Å². The summed E-state index contributed by atoms with van der Waals surface area (Å²) >= 11 is 0. The zero-order chi connectivity index (χ0) is 6.73. The van der Waals surface area contributed by atoms with Gasteiger partial charge in [0.05, 0.1) is 0 Å². The van der Waals surface area contributed by atoms with Crippen LogP contribution < -0.4 is 5.73 Å². The first kappa shape index (κ1) is 2.58. The van der Waals surface area contributed by atoms with Crippen molar-refractivity contribution in [3.63, 3.8) is 0 Å². The Hall–Kier alpha value is -0.570. The van der Waals surface area contributed by atoms with Gasteiger partial charge in [0.25, 0.3) is 0 Å². The molecule has 0 spiro atoms. The van der Waals surface area contributed by atoms with Gasteiger partial charge in [-0.3, -0.25) is 4.79 Å². The maximum absolute atomic E-state index is 9.78. The minimum atomic E-state index is -1.48. The number of aliphatic carboxylic acids is 1. The summed E-state index contributed by atoms with van der Waals surface area (Å²) in [7, 11) is 0. The number of carboxylic acid groups (broad SMARTS) is 1. The molecule has 0 saturated heterocycles. The normalized spacial score (nSPS) is 19.0. The van der Waals surface area contributed by atoms with Gasteiger partial charge in [0.1, 0.15) is 6.04 Å². The van der Waals surface area contributed by atoms with Gasteiger partial charge in [-0.05, 0) is 6.88 Å². The smallest absolute Gasteiger partial charge is 0.320 e. The highest BCUT2D eigenvalue weighted by molar-refractivity contribution is 5.72. The second-order valence-corrected chi connectivity index (χ2v) is 0.864. The number of hydrogen-bond acceptors (Lipinski definition) is 2. The molecule has 6 heavy (non-hydrogen) atoms. The SMILES string of the molecule is [2H]C([2H])[C@H]([15NH2])C(=O)O. The van der Waals surface area contributed by atoms with Gasteiger partial charge in [0.2, 0.25) is 0 Å². The van der Waals surface area contributed by atoms with Crippen LogP contribution in [0.3, 0.4) is 0 Å². The van der Waals surface area contributed by atoms with Gasteiger partial charge in [0.15, 0.2) is 0 Å². The molecular formula is C3H7NO2. The van der Waals surface area contributed by atoms with Crippen molar-refractivity contribution in [1.82, 2.24) is 0 Å². The van der Waals surface area contributed by atoms with E-state index in [4.69, 9.17) is 13.6 Å². The lowest BCUT2D eigenvalue weighted by molar-refractivity contribution is -0.138. The summed E-state index contributed by atoms with van der Waals surface area (Å²) in [6.45, 7) is -1.48. The van der Waals surface area contributed by atoms with Crippen molar-refractivity contribution < 1.29 is 12.6 Å². The van der Waals surface area contributed by atoms with Crippen molar-refractivity contribution >= 4 is 5.97 Å². The van der Waals surface area contributed by atoms with E-state index in [1.807, 2.05) is 0 Å². The highest BCUT2D eigenvalue weighted by atomic mass is 16.4. The minimum absolute atomic E-state index is 1.31. The Balaban J connectivity index is 3.64. The number of nitrogens with two attached hydrogens (primary N) is 1. The maximum Gasteiger partial charge on any atom is 0.320 e. The molecule has 3 heteroatoms. The van der Waals surface area contributed by atoms with Crippen molar-refractivity contribution in [3.05, 3.63) is 0 Å². The summed E-state index contributed by atoms with van der Waals surface area (Å²) < 4.78 is 12.9. The Morgan fingerprint density at radius 1 is 2.33 bits per heavy atom. The van der Waals surface area contributed by atoms with Crippen molar-refractivity contribution in [2.75, 3.05) is 0 Å². The number of carboxylic acids is 1. The Kier molecular flexibility index (Phi) is 0.759. The highest BCUT2D eigenvalue weighted by Crippen LogP contribution is 1.68. The third-order valence-electron chi connectivity index (χ3n) is 0.285. The third kappa shape index (κ3) is 1.72. The molecule has 0 aromatic carbocycles. The van der Waals surface area contributed by atoms with E-state index in [1.165, 1.54) is 0 Å². The molecule has 3 nitrogen and oxygen atoms in total. The summed E-state index contributed by atoms with van der Waals surface area (Å²) in [5.74, 6) is -1.31. The summed E-state index contributed by atoms with van der Waals surface area (Å²) in [6, 6.07) is -1.38. The van der Waals surface area contributed by atoms with Gasteiger partial charge in [0, 0.05) is 2.74 Å². The van der Waals surface area contributed by atoms with Gasteiger partial charge >= 0.3 is 5.97 Å². The van der Waals surface area contributed by atoms with Crippen LogP contribution in [0.2, 0.25) is 0 Å². The monoisotopic (exact) mass is 92.1 g/mol. The van der Waals surface area contributed by atoms with Crippen LogP contribution >= 0.6 is 0 Å². The summed E-state index contributed by atoms with van der Waals surface area (Å²) in [6.07, 6.45) is 0. The summed E-state index contributed by atoms with van der Waals surface area (Å²) in [4.78, 5) is 9.78. The first-order valence-electron chi connectivity index (χ1n) is 2.54. The fraction of sp³-hybridized carbons (Fsp3) is 0.667. The lowest BCUT2D eigenvalue weighted by Crippen LogP contribution is -2.25. The first-order chi connectivity index (χ1) is 3.55. The number of hydrogen-bond donors (Lipinski definition) is 2. The third-order valence-corrected chi connectivity index (χ3v) is 0.285. The largest absolute Gasteiger partial charge is 0.480 e. The Labute approximate surface area is 38.6 Å². The van der Waals surface area contributed by atoms with E-state index in [0.717, 1.165) is 0 Å². The second-order valence-electron chi connectivity index (χ2n) is 0.864. The Bertz CT molecular complexity index is 95.3. The van der Waals surface area contributed by atoms with Crippen LogP contribution in [0.4, 0.5) is 0 Å². The molecule has 3 N–H and O–H groups in total. The fourth-order valence-corrected chi connectivity index (χ4v) is 0. The van der Waals surface area contributed by atoms with E-state index < -0.39 is 18.9 Å². The van der Waals surface area contributed by atoms with Gasteiger partial charge in [-0.25, -0.2) is 0 Å². The van der Waals surface area contributed by atoms with Gasteiger partial charge in [-0.15, -0.1) is 0 Å². The average Bonchev–Trinajstić information content (AvgIpc) is 1.64. The number of carbonyl (C=O) groups is 1. The number of rotatable bonds is 1. The lowest BCUT2D eigenvalue weighted by atomic mass is 10.4. The molecule has 0 unspecified atom stereocenters. The summed E-state index contributed by atoms with van der Waals surface area (Å²) in [5, 5.41) is 7.99. The van der Waals surface area contributed by atoms with Crippen molar-refractivity contribution in [3.8, 4) is 0 Å². The standard InChI is InChI=1S/C3H7NO2/c1-2(4)3(5)6/h2H,4H2,1H3,(H,5,6)/t2-/m0/s1/i1D2,4+1. The van der Waals surface area contributed by atoms with E-state index in [0.29, 0.717) is 0 Å². The maximum atomic E-state index is 9.78. The molecular weight excluding hydrogens is 83.0 g/mol. The molecule has 36 valence electrons. The molecule has 0 fully saturated rings. The molecule has 0 aliphatic carbocycles. The Morgan fingerprint density at radius 2 is 2.83 bits per heavy atom. The van der Waals surface area contributed by atoms with Crippen LogP contribution in [-0.4, -0.2) is 17.1 Å². The van der Waals surface area contributed by atoms with Crippen LogP contribution in [0.25, 0.3) is 0 Å². The molecule has 0 amide bonds. The van der Waals surface area contributed by atoms with Crippen LogP contribution in [0.15, 0.2) is 0 Å². The average molecular weight is 92.1 g/mol. The van der Waals surface area contributed by atoms with Crippen molar-refractivity contribution in [2.24, 2.45) is 5.73 Å². The van der Waals surface area contributed by atoms with Gasteiger partial charge in [-0.1, -0.05) is 0 Å². The predicted molar refractivity (Wildman–Crippen MR) is 21.3 cm³/mol. The second kappa shape index (κ2) is 1.77. The van der Waals surface area contributed by atoms with E-state index in [9.17, 15) is 4.79 Å². The predicted octanol–water partition coefficient (Wildman–Crippen LogP) is -0.582. The quantitative estimate of drug-likeness (QED) is 0.425. The molecule has 0 aliphatic heterocycles. The molecule has 0 aromatic heterocycles.